The van der Waals surface area contributed by atoms with Crippen LogP contribution in [0.5, 0.6) is 17.2 Å². The van der Waals surface area contributed by atoms with Gasteiger partial charge >= 0.3 is 5.97 Å². The lowest BCUT2D eigenvalue weighted by Gasteiger charge is -2.10. The largest absolute Gasteiger partial charge is 0.494 e. The van der Waals surface area contributed by atoms with Gasteiger partial charge in [-0.05, 0) is 93.0 Å². The third kappa shape index (κ3) is 11.1. The van der Waals surface area contributed by atoms with E-state index in [4.69, 9.17) is 14.2 Å². The number of carbonyl (C=O) groups excluding carboxylic acids is 1. The zero-order chi connectivity index (χ0) is 23.7. The van der Waals surface area contributed by atoms with Crippen LogP contribution in [0, 0.1) is 5.92 Å². The molecule has 0 spiro atoms. The number of benzene rings is 2. The summed E-state index contributed by atoms with van der Waals surface area (Å²) in [4.78, 5) is 12.4. The van der Waals surface area contributed by atoms with Crippen LogP contribution in [-0.2, 0) is 0 Å². The molecule has 0 unspecified atom stereocenters. The number of unbranched alkanes of at least 4 members (excludes halogenated alkanes) is 3. The van der Waals surface area contributed by atoms with Gasteiger partial charge < -0.3 is 14.2 Å². The second-order valence-electron chi connectivity index (χ2n) is 8.49. The van der Waals surface area contributed by atoms with Crippen LogP contribution in [0.25, 0.3) is 0 Å². The minimum Gasteiger partial charge on any atom is -0.494 e. The normalized spacial score (nSPS) is 12.0. The first-order valence-corrected chi connectivity index (χ1v) is 12.4. The molecule has 0 aliphatic rings. The number of ether oxygens (including phenoxy) is 3. The van der Waals surface area contributed by atoms with Gasteiger partial charge in [0.05, 0.1) is 18.8 Å². The van der Waals surface area contributed by atoms with E-state index < -0.39 is 0 Å². The third-order valence-corrected chi connectivity index (χ3v) is 5.59. The fourth-order valence-corrected chi connectivity index (χ4v) is 3.24. The lowest BCUT2D eigenvalue weighted by Crippen LogP contribution is -2.08. The van der Waals surface area contributed by atoms with Gasteiger partial charge in [-0.15, -0.1) is 0 Å². The van der Waals surface area contributed by atoms with Crippen LogP contribution in [0.3, 0.4) is 0 Å². The molecule has 0 aliphatic heterocycles. The summed E-state index contributed by atoms with van der Waals surface area (Å²) in [6.45, 7) is 8.04. The van der Waals surface area contributed by atoms with Crippen molar-refractivity contribution >= 4 is 5.97 Å². The molecule has 2 aromatic rings. The molecule has 0 radical (unpaired) electrons. The summed E-state index contributed by atoms with van der Waals surface area (Å²) in [5.74, 6) is 2.40. The lowest BCUT2D eigenvalue weighted by molar-refractivity contribution is 0.0734. The van der Waals surface area contributed by atoms with Crippen LogP contribution in [0.1, 0.15) is 82.5 Å². The van der Waals surface area contributed by atoms with E-state index in [1.807, 2.05) is 24.3 Å². The quantitative estimate of drug-likeness (QED) is 0.112. The maximum Gasteiger partial charge on any atom is 0.343 e. The molecule has 180 valence electrons. The highest BCUT2D eigenvalue weighted by molar-refractivity contribution is 5.91. The molecule has 0 bridgehead atoms. The molecule has 4 nitrogen and oxygen atoms in total. The Morgan fingerprint density at radius 3 is 2.00 bits per heavy atom. The molecule has 0 heterocycles. The van der Waals surface area contributed by atoms with E-state index in [-0.39, 0.29) is 5.97 Å². The van der Waals surface area contributed by atoms with E-state index in [0.29, 0.717) is 24.5 Å². The smallest absolute Gasteiger partial charge is 0.343 e. The van der Waals surface area contributed by atoms with Gasteiger partial charge in [0, 0.05) is 0 Å². The van der Waals surface area contributed by atoms with Crippen LogP contribution < -0.4 is 14.2 Å². The lowest BCUT2D eigenvalue weighted by atomic mass is 10.0. The molecule has 0 fully saturated rings. The first kappa shape index (κ1) is 26.5. The first-order chi connectivity index (χ1) is 16.1. The van der Waals surface area contributed by atoms with E-state index in [9.17, 15) is 4.79 Å². The summed E-state index contributed by atoms with van der Waals surface area (Å²) in [5, 5.41) is 0. The molecule has 0 saturated carbocycles. The van der Waals surface area contributed by atoms with E-state index in [2.05, 4.69) is 32.9 Å². The SMILES string of the molecule is CCC/C=C\CCCCOc1ccc(OC(=O)c2ccc(OCCC[C@@H](C)CC)cc2)cc1. The second-order valence-corrected chi connectivity index (χ2v) is 8.49. The summed E-state index contributed by atoms with van der Waals surface area (Å²) in [6, 6.07) is 14.3. The van der Waals surface area contributed by atoms with Crippen molar-refractivity contribution in [2.45, 2.75) is 72.1 Å². The minimum atomic E-state index is -0.386. The molecule has 0 N–H and O–H groups in total. The predicted octanol–water partition coefficient (Wildman–Crippen LogP) is 8.02. The van der Waals surface area contributed by atoms with Crippen molar-refractivity contribution in [1.82, 2.24) is 0 Å². The number of esters is 1. The molecular formula is C29H40O4. The summed E-state index contributed by atoms with van der Waals surface area (Å²) in [6.07, 6.45) is 13.5. The second kappa shape index (κ2) is 16.0. The van der Waals surface area contributed by atoms with Crippen molar-refractivity contribution in [1.29, 1.82) is 0 Å². The van der Waals surface area contributed by atoms with Crippen LogP contribution in [0.2, 0.25) is 0 Å². The maximum atomic E-state index is 12.4. The Balaban J connectivity index is 1.68. The molecule has 1 atom stereocenters. The fraction of sp³-hybridized carbons (Fsp3) is 0.483. The van der Waals surface area contributed by atoms with Crippen molar-refractivity contribution in [3.63, 3.8) is 0 Å². The first-order valence-electron chi connectivity index (χ1n) is 12.4. The fourth-order valence-electron chi connectivity index (χ4n) is 3.24. The van der Waals surface area contributed by atoms with E-state index in [0.717, 1.165) is 49.5 Å². The Hall–Kier alpha value is -2.75. The van der Waals surface area contributed by atoms with E-state index in [1.165, 1.54) is 19.3 Å². The Kier molecular flexibility index (Phi) is 12.8. The molecule has 0 aliphatic carbocycles. The maximum absolute atomic E-state index is 12.4. The highest BCUT2D eigenvalue weighted by Gasteiger charge is 2.09. The van der Waals surface area contributed by atoms with Gasteiger partial charge in [0.15, 0.2) is 0 Å². The average molecular weight is 453 g/mol. The van der Waals surface area contributed by atoms with Crippen molar-refractivity contribution in [2.75, 3.05) is 13.2 Å². The molecule has 0 saturated heterocycles. The van der Waals surface area contributed by atoms with Crippen molar-refractivity contribution in [3.8, 4) is 17.2 Å². The molecule has 0 aromatic heterocycles. The van der Waals surface area contributed by atoms with Gasteiger partial charge in [0.25, 0.3) is 0 Å². The Morgan fingerprint density at radius 1 is 0.788 bits per heavy atom. The van der Waals surface area contributed by atoms with Crippen LogP contribution >= 0.6 is 0 Å². The summed E-state index contributed by atoms with van der Waals surface area (Å²) in [7, 11) is 0. The molecular weight excluding hydrogens is 412 g/mol. The van der Waals surface area contributed by atoms with Crippen LogP contribution in [-0.4, -0.2) is 19.2 Å². The van der Waals surface area contributed by atoms with Crippen molar-refractivity contribution in [2.24, 2.45) is 5.92 Å². The van der Waals surface area contributed by atoms with Gasteiger partial charge in [0.1, 0.15) is 17.2 Å². The molecule has 2 rings (SSSR count). The average Bonchev–Trinajstić information content (AvgIpc) is 2.84. The summed E-state index contributed by atoms with van der Waals surface area (Å²) >= 11 is 0. The standard InChI is InChI=1S/C29H40O4/c1-4-6-7-8-9-10-11-22-31-27-18-20-28(21-19-27)33-29(30)25-14-16-26(17-15-25)32-23-12-13-24(3)5-2/h7-8,14-21,24H,4-6,9-13,22-23H2,1-3H3/b8-7-/t24-/m0/s1. The van der Waals surface area contributed by atoms with Gasteiger partial charge in [-0.25, -0.2) is 4.79 Å². The van der Waals surface area contributed by atoms with Crippen molar-refractivity contribution in [3.05, 3.63) is 66.2 Å². The summed E-state index contributed by atoms with van der Waals surface area (Å²) in [5.41, 5.74) is 0.496. The van der Waals surface area contributed by atoms with Crippen LogP contribution in [0.4, 0.5) is 0 Å². The number of rotatable bonds is 16. The Bertz CT molecular complexity index is 809. The number of hydrogen-bond acceptors (Lipinski definition) is 4. The van der Waals surface area contributed by atoms with Gasteiger partial charge in [-0.1, -0.05) is 45.8 Å². The molecule has 33 heavy (non-hydrogen) atoms. The Labute approximate surface area is 200 Å². The number of carbonyl (C=O) groups is 1. The predicted molar refractivity (Wildman–Crippen MR) is 135 cm³/mol. The highest BCUT2D eigenvalue weighted by Crippen LogP contribution is 2.20. The van der Waals surface area contributed by atoms with Crippen LogP contribution in [0.15, 0.2) is 60.7 Å². The zero-order valence-electron chi connectivity index (χ0n) is 20.6. The summed E-state index contributed by atoms with van der Waals surface area (Å²) < 4.78 is 17.0. The van der Waals surface area contributed by atoms with Gasteiger partial charge in [0.2, 0.25) is 0 Å². The van der Waals surface area contributed by atoms with Gasteiger partial charge in [-0.2, -0.15) is 0 Å². The highest BCUT2D eigenvalue weighted by atomic mass is 16.5. The number of allylic oxidation sites excluding steroid dienone is 2. The zero-order valence-corrected chi connectivity index (χ0v) is 20.6. The molecule has 4 heteroatoms. The van der Waals surface area contributed by atoms with E-state index in [1.54, 1.807) is 24.3 Å². The van der Waals surface area contributed by atoms with Gasteiger partial charge in [-0.3, -0.25) is 0 Å². The number of hydrogen-bond donors (Lipinski definition) is 0. The monoisotopic (exact) mass is 452 g/mol. The molecule has 2 aromatic carbocycles. The molecule has 0 amide bonds. The van der Waals surface area contributed by atoms with Crippen molar-refractivity contribution < 1.29 is 19.0 Å². The Morgan fingerprint density at radius 2 is 1.36 bits per heavy atom. The third-order valence-electron chi connectivity index (χ3n) is 5.59. The topological polar surface area (TPSA) is 44.8 Å². The van der Waals surface area contributed by atoms with E-state index >= 15 is 0 Å². The minimum absolute atomic E-state index is 0.386.